The maximum absolute atomic E-state index is 13.7. The van der Waals surface area contributed by atoms with Crippen LogP contribution < -0.4 is 10.9 Å². The highest BCUT2D eigenvalue weighted by Gasteiger charge is 2.19. The first-order valence-corrected chi connectivity index (χ1v) is 11.4. The predicted octanol–water partition coefficient (Wildman–Crippen LogP) is 6.28. The molecule has 5 aromatic rings. The number of fused-ring (bicyclic) bond motifs is 3. The lowest BCUT2D eigenvalue weighted by Crippen LogP contribution is -2.18. The van der Waals surface area contributed by atoms with E-state index in [2.05, 4.69) is 13.2 Å². The van der Waals surface area contributed by atoms with Crippen molar-refractivity contribution in [2.45, 2.75) is 13.3 Å². The number of allylic oxidation sites excluding steroid dienone is 1. The van der Waals surface area contributed by atoms with Gasteiger partial charge in [0.25, 0.3) is 0 Å². The second-order valence-electron chi connectivity index (χ2n) is 8.65. The van der Waals surface area contributed by atoms with Crippen molar-refractivity contribution in [1.29, 1.82) is 0 Å². The molecule has 0 amide bonds. The minimum Gasteiger partial charge on any atom is -0.343 e. The van der Waals surface area contributed by atoms with E-state index in [0.717, 1.165) is 33.4 Å². The summed E-state index contributed by atoms with van der Waals surface area (Å²) in [6.07, 6.45) is 2.32. The Labute approximate surface area is 197 Å². The lowest BCUT2D eigenvalue weighted by molar-refractivity contribution is 0.916. The molecule has 0 aliphatic heterocycles. The first-order valence-electron chi connectivity index (χ1n) is 11.4. The molecule has 0 spiro atoms. The van der Waals surface area contributed by atoms with Gasteiger partial charge in [-0.05, 0) is 35.8 Å². The average Bonchev–Trinajstić information content (AvgIpc) is 2.88. The first-order chi connectivity index (χ1) is 16.4. The lowest BCUT2D eigenvalue weighted by atomic mass is 9.98. The number of hydrogen-bond acceptors (Lipinski definition) is 2. The van der Waals surface area contributed by atoms with Crippen molar-refractivity contribution < 1.29 is 0 Å². The summed E-state index contributed by atoms with van der Waals surface area (Å²) in [6.45, 7) is 10.1. The molecule has 5 rings (SSSR count). The standard InChI is InChI=1S/C30H26N2O2/c1-6-18(3)27-20(7-2)29(33)23-16-26-24(17-25(23)31(27)4)30(34)22-15-11-14-21(28(22)32(26)5)19-12-9-8-10-13-19/h7-17H,2-3,6H2,1,4-5H3. The average molecular weight is 447 g/mol. The summed E-state index contributed by atoms with van der Waals surface area (Å²) < 4.78 is 3.99. The fourth-order valence-corrected chi connectivity index (χ4v) is 5.04. The summed E-state index contributed by atoms with van der Waals surface area (Å²) in [6, 6.07) is 19.6. The van der Waals surface area contributed by atoms with Crippen LogP contribution in [0.5, 0.6) is 0 Å². The monoisotopic (exact) mass is 446 g/mol. The van der Waals surface area contributed by atoms with Gasteiger partial charge in [-0.1, -0.05) is 68.6 Å². The summed E-state index contributed by atoms with van der Waals surface area (Å²) in [5.41, 5.74) is 6.32. The van der Waals surface area contributed by atoms with Crippen LogP contribution in [0.3, 0.4) is 0 Å². The molecular formula is C30H26N2O2. The van der Waals surface area contributed by atoms with Gasteiger partial charge in [0, 0.05) is 41.4 Å². The van der Waals surface area contributed by atoms with Crippen LogP contribution >= 0.6 is 0 Å². The van der Waals surface area contributed by atoms with Crippen molar-refractivity contribution in [3.05, 3.63) is 106 Å². The fourth-order valence-electron chi connectivity index (χ4n) is 5.04. The summed E-state index contributed by atoms with van der Waals surface area (Å²) in [5.74, 6) is 0. The molecule has 4 nitrogen and oxygen atoms in total. The summed E-state index contributed by atoms with van der Waals surface area (Å²) >= 11 is 0. The van der Waals surface area contributed by atoms with Crippen LogP contribution in [-0.4, -0.2) is 9.13 Å². The molecule has 2 heterocycles. The quantitative estimate of drug-likeness (QED) is 0.305. The van der Waals surface area contributed by atoms with Crippen LogP contribution in [0.4, 0.5) is 0 Å². The highest BCUT2D eigenvalue weighted by atomic mass is 16.1. The Morgan fingerprint density at radius 3 is 2.15 bits per heavy atom. The minimum atomic E-state index is -0.0986. The molecule has 0 fully saturated rings. The zero-order valence-electron chi connectivity index (χ0n) is 19.7. The molecule has 4 heteroatoms. The number of benzene rings is 3. The van der Waals surface area contributed by atoms with Crippen LogP contribution in [0.2, 0.25) is 0 Å². The van der Waals surface area contributed by atoms with Crippen molar-refractivity contribution in [2.24, 2.45) is 14.1 Å². The Morgan fingerprint density at radius 2 is 1.50 bits per heavy atom. The second-order valence-corrected chi connectivity index (χ2v) is 8.65. The maximum Gasteiger partial charge on any atom is 0.197 e. The van der Waals surface area contributed by atoms with E-state index in [9.17, 15) is 9.59 Å². The SMILES string of the molecule is C=Cc1c(C(=C)CC)n(C)c2cc3c(=O)c4cccc(-c5ccccc5)c4n(C)c3cc2c1=O. The molecule has 0 radical (unpaired) electrons. The third-order valence-corrected chi connectivity index (χ3v) is 6.83. The topological polar surface area (TPSA) is 44.0 Å². The predicted molar refractivity (Wildman–Crippen MR) is 144 cm³/mol. The Bertz CT molecular complexity index is 1770. The molecule has 3 aromatic carbocycles. The molecule has 0 saturated heterocycles. The van der Waals surface area contributed by atoms with Crippen LogP contribution in [0.1, 0.15) is 24.6 Å². The number of para-hydroxylation sites is 1. The molecule has 0 saturated carbocycles. The van der Waals surface area contributed by atoms with Gasteiger partial charge in [-0.15, -0.1) is 0 Å². The Balaban J connectivity index is 1.99. The zero-order chi connectivity index (χ0) is 24.1. The summed E-state index contributed by atoms with van der Waals surface area (Å²) in [4.78, 5) is 27.3. The van der Waals surface area contributed by atoms with Gasteiger partial charge >= 0.3 is 0 Å². The van der Waals surface area contributed by atoms with Crippen molar-refractivity contribution in [1.82, 2.24) is 9.13 Å². The Morgan fingerprint density at radius 1 is 0.853 bits per heavy atom. The van der Waals surface area contributed by atoms with Gasteiger partial charge in [0.2, 0.25) is 0 Å². The van der Waals surface area contributed by atoms with Gasteiger partial charge in [0.15, 0.2) is 10.9 Å². The van der Waals surface area contributed by atoms with Crippen molar-refractivity contribution >= 4 is 44.4 Å². The van der Waals surface area contributed by atoms with Crippen molar-refractivity contribution in [2.75, 3.05) is 0 Å². The number of aromatic nitrogens is 2. The fraction of sp³-hybridized carbons (Fsp3) is 0.133. The van der Waals surface area contributed by atoms with E-state index >= 15 is 0 Å². The van der Waals surface area contributed by atoms with Gasteiger partial charge in [0.1, 0.15) is 0 Å². The van der Waals surface area contributed by atoms with Crippen LogP contribution in [-0.2, 0) is 14.1 Å². The molecule has 2 aromatic heterocycles. The van der Waals surface area contributed by atoms with E-state index in [-0.39, 0.29) is 10.9 Å². The van der Waals surface area contributed by atoms with E-state index in [4.69, 9.17) is 0 Å². The maximum atomic E-state index is 13.7. The molecular weight excluding hydrogens is 420 g/mol. The van der Waals surface area contributed by atoms with Crippen LogP contribution in [0, 0.1) is 0 Å². The van der Waals surface area contributed by atoms with Gasteiger partial charge in [-0.25, -0.2) is 0 Å². The third kappa shape index (κ3) is 2.99. The van der Waals surface area contributed by atoms with Gasteiger partial charge < -0.3 is 9.13 Å². The Hall–Kier alpha value is -4.18. The van der Waals surface area contributed by atoms with E-state index in [1.54, 1.807) is 6.08 Å². The van der Waals surface area contributed by atoms with Crippen molar-refractivity contribution in [3.63, 3.8) is 0 Å². The van der Waals surface area contributed by atoms with Crippen LogP contribution in [0.25, 0.3) is 55.5 Å². The molecule has 34 heavy (non-hydrogen) atoms. The number of aryl methyl sites for hydroxylation is 2. The number of hydrogen-bond donors (Lipinski definition) is 0. The number of pyridine rings is 2. The molecule has 0 aliphatic rings. The van der Waals surface area contributed by atoms with Gasteiger partial charge in [-0.3, -0.25) is 9.59 Å². The zero-order valence-corrected chi connectivity index (χ0v) is 19.7. The van der Waals surface area contributed by atoms with E-state index in [1.165, 1.54) is 0 Å². The lowest BCUT2D eigenvalue weighted by Gasteiger charge is -2.19. The second kappa shape index (κ2) is 7.99. The molecule has 0 N–H and O–H groups in total. The van der Waals surface area contributed by atoms with Crippen LogP contribution in [0.15, 0.2) is 83.4 Å². The smallest absolute Gasteiger partial charge is 0.197 e. The third-order valence-electron chi connectivity index (χ3n) is 6.83. The van der Waals surface area contributed by atoms with Crippen molar-refractivity contribution in [3.8, 4) is 11.1 Å². The molecule has 0 aliphatic carbocycles. The number of rotatable bonds is 4. The van der Waals surface area contributed by atoms with E-state index in [1.807, 2.05) is 90.8 Å². The van der Waals surface area contributed by atoms with Gasteiger partial charge in [0.05, 0.1) is 22.2 Å². The molecule has 0 unspecified atom stereocenters. The normalized spacial score (nSPS) is 11.4. The Kier molecular flexibility index (Phi) is 5.09. The highest BCUT2D eigenvalue weighted by Crippen LogP contribution is 2.31. The number of nitrogens with zero attached hydrogens (tertiary/aromatic N) is 2. The molecule has 0 bridgehead atoms. The summed E-state index contributed by atoms with van der Waals surface area (Å²) in [7, 11) is 3.87. The van der Waals surface area contributed by atoms with E-state index in [0.29, 0.717) is 33.7 Å². The van der Waals surface area contributed by atoms with Gasteiger partial charge in [-0.2, -0.15) is 0 Å². The molecule has 0 atom stereocenters. The molecule has 168 valence electrons. The largest absolute Gasteiger partial charge is 0.343 e. The van der Waals surface area contributed by atoms with E-state index < -0.39 is 0 Å². The first kappa shape index (κ1) is 21.7. The minimum absolute atomic E-state index is 0.0427. The summed E-state index contributed by atoms with van der Waals surface area (Å²) in [5, 5.41) is 1.80. The highest BCUT2D eigenvalue weighted by molar-refractivity contribution is 6.05.